The van der Waals surface area contributed by atoms with Crippen molar-refractivity contribution < 1.29 is 13.2 Å². The third kappa shape index (κ3) is 3.30. The van der Waals surface area contributed by atoms with Gasteiger partial charge < -0.3 is 4.74 Å². The fraction of sp³-hybridized carbons (Fsp3) is 0.143. The van der Waals surface area contributed by atoms with E-state index in [1.54, 1.807) is 31.2 Å². The maximum Gasteiger partial charge on any atom is 0.238 e. The van der Waals surface area contributed by atoms with E-state index in [0.717, 1.165) is 5.56 Å². The maximum absolute atomic E-state index is 11.3. The van der Waals surface area contributed by atoms with Crippen molar-refractivity contribution >= 4 is 21.6 Å². The molecule has 0 radical (unpaired) electrons. The van der Waals surface area contributed by atoms with Crippen LogP contribution in [-0.4, -0.2) is 8.42 Å². The van der Waals surface area contributed by atoms with Crippen LogP contribution in [0.4, 0.5) is 0 Å². The van der Waals surface area contributed by atoms with Gasteiger partial charge in [0.05, 0.1) is 4.90 Å². The van der Waals surface area contributed by atoms with Crippen LogP contribution >= 0.6 is 11.6 Å². The molecule has 0 aliphatic carbocycles. The van der Waals surface area contributed by atoms with Crippen LogP contribution in [0.25, 0.3) is 0 Å². The molecule has 0 heterocycles. The normalized spacial score (nSPS) is 11.4. The number of hydrogen-bond acceptors (Lipinski definition) is 3. The zero-order chi connectivity index (χ0) is 14.9. The van der Waals surface area contributed by atoms with Crippen molar-refractivity contribution in [3.05, 3.63) is 52.5 Å². The number of aryl methyl sites for hydroxylation is 2. The SMILES string of the molecule is Cc1ccc(Cl)cc1Oc1ccc(S(N)(=O)=O)c(C)c1. The minimum absolute atomic E-state index is 0.0904. The van der Waals surface area contributed by atoms with Crippen LogP contribution in [0.3, 0.4) is 0 Å². The van der Waals surface area contributed by atoms with E-state index in [-0.39, 0.29) is 4.90 Å². The van der Waals surface area contributed by atoms with Crippen molar-refractivity contribution in [2.45, 2.75) is 18.7 Å². The highest BCUT2D eigenvalue weighted by Gasteiger charge is 2.12. The first-order chi connectivity index (χ1) is 9.27. The molecule has 2 aromatic carbocycles. The molecule has 4 nitrogen and oxygen atoms in total. The van der Waals surface area contributed by atoms with Crippen molar-refractivity contribution in [2.24, 2.45) is 5.14 Å². The maximum atomic E-state index is 11.3. The van der Waals surface area contributed by atoms with Gasteiger partial charge in [0.1, 0.15) is 11.5 Å². The monoisotopic (exact) mass is 311 g/mol. The molecule has 6 heteroatoms. The molecule has 2 rings (SSSR count). The van der Waals surface area contributed by atoms with Gasteiger partial charge in [-0.3, -0.25) is 0 Å². The van der Waals surface area contributed by atoms with E-state index in [1.165, 1.54) is 6.07 Å². The molecule has 2 N–H and O–H groups in total. The Morgan fingerprint density at radius 3 is 2.35 bits per heavy atom. The Labute approximate surface area is 123 Å². The second-order valence-electron chi connectivity index (χ2n) is 4.48. The molecule has 0 atom stereocenters. The predicted molar refractivity (Wildman–Crippen MR) is 78.8 cm³/mol. The van der Waals surface area contributed by atoms with Crippen LogP contribution in [0.2, 0.25) is 5.02 Å². The molecule has 0 unspecified atom stereocenters. The van der Waals surface area contributed by atoms with Gasteiger partial charge in [-0.1, -0.05) is 17.7 Å². The third-order valence-electron chi connectivity index (χ3n) is 2.83. The fourth-order valence-electron chi connectivity index (χ4n) is 1.82. The molecule has 0 aromatic heterocycles. The summed E-state index contributed by atoms with van der Waals surface area (Å²) in [5.41, 5.74) is 1.47. The number of sulfonamides is 1. The van der Waals surface area contributed by atoms with Gasteiger partial charge in [-0.15, -0.1) is 0 Å². The average molecular weight is 312 g/mol. The molecule has 0 aliphatic heterocycles. The molecular formula is C14H14ClNO3S. The first-order valence-electron chi connectivity index (χ1n) is 5.85. The van der Waals surface area contributed by atoms with Gasteiger partial charge in [0, 0.05) is 5.02 Å². The van der Waals surface area contributed by atoms with Crippen molar-refractivity contribution in [3.63, 3.8) is 0 Å². The second kappa shape index (κ2) is 5.44. The lowest BCUT2D eigenvalue weighted by Gasteiger charge is -2.11. The number of nitrogens with two attached hydrogens (primary N) is 1. The molecule has 0 aliphatic rings. The molecular weight excluding hydrogens is 298 g/mol. The smallest absolute Gasteiger partial charge is 0.238 e. The zero-order valence-corrected chi connectivity index (χ0v) is 12.6. The van der Waals surface area contributed by atoms with Crippen molar-refractivity contribution in [3.8, 4) is 11.5 Å². The van der Waals surface area contributed by atoms with Crippen LogP contribution < -0.4 is 9.88 Å². The van der Waals surface area contributed by atoms with E-state index in [1.807, 2.05) is 13.0 Å². The van der Waals surface area contributed by atoms with Crippen LogP contribution in [0, 0.1) is 13.8 Å². The second-order valence-corrected chi connectivity index (χ2v) is 6.45. The third-order valence-corrected chi connectivity index (χ3v) is 4.14. The lowest BCUT2D eigenvalue weighted by molar-refractivity contribution is 0.478. The Morgan fingerprint density at radius 2 is 1.75 bits per heavy atom. The topological polar surface area (TPSA) is 69.4 Å². The summed E-state index contributed by atoms with van der Waals surface area (Å²) in [5, 5.41) is 5.69. The van der Waals surface area contributed by atoms with Gasteiger partial charge in [0.2, 0.25) is 10.0 Å². The van der Waals surface area contributed by atoms with Crippen LogP contribution in [-0.2, 0) is 10.0 Å². The summed E-state index contributed by atoms with van der Waals surface area (Å²) in [4.78, 5) is 0.0904. The van der Waals surface area contributed by atoms with E-state index >= 15 is 0 Å². The molecule has 0 spiro atoms. The number of ether oxygens (including phenoxy) is 1. The summed E-state index contributed by atoms with van der Waals surface area (Å²) >= 11 is 5.92. The van der Waals surface area contributed by atoms with Gasteiger partial charge in [0.25, 0.3) is 0 Å². The van der Waals surface area contributed by atoms with Crippen molar-refractivity contribution in [1.82, 2.24) is 0 Å². The van der Waals surface area contributed by atoms with Crippen molar-refractivity contribution in [1.29, 1.82) is 0 Å². The lowest BCUT2D eigenvalue weighted by Crippen LogP contribution is -2.13. The van der Waals surface area contributed by atoms with E-state index in [9.17, 15) is 8.42 Å². The van der Waals surface area contributed by atoms with E-state index < -0.39 is 10.0 Å². The van der Waals surface area contributed by atoms with Crippen LogP contribution in [0.5, 0.6) is 11.5 Å². The van der Waals surface area contributed by atoms with Gasteiger partial charge in [-0.25, -0.2) is 13.6 Å². The van der Waals surface area contributed by atoms with Gasteiger partial charge in [0.15, 0.2) is 0 Å². The highest BCUT2D eigenvalue weighted by Crippen LogP contribution is 2.29. The van der Waals surface area contributed by atoms with Crippen LogP contribution in [0.15, 0.2) is 41.3 Å². The Balaban J connectivity index is 2.36. The summed E-state index contributed by atoms with van der Waals surface area (Å²) in [6.45, 7) is 3.56. The number of primary sulfonamides is 1. The lowest BCUT2D eigenvalue weighted by atomic mass is 10.2. The van der Waals surface area contributed by atoms with Crippen LogP contribution in [0.1, 0.15) is 11.1 Å². The fourth-order valence-corrected chi connectivity index (χ4v) is 2.74. The minimum Gasteiger partial charge on any atom is -0.457 e. The largest absolute Gasteiger partial charge is 0.457 e. The summed E-state index contributed by atoms with van der Waals surface area (Å²) in [7, 11) is -3.71. The molecule has 0 amide bonds. The average Bonchev–Trinajstić information content (AvgIpc) is 2.32. The zero-order valence-electron chi connectivity index (χ0n) is 11.1. The minimum atomic E-state index is -3.71. The Kier molecular flexibility index (Phi) is 4.04. The van der Waals surface area contributed by atoms with Gasteiger partial charge in [-0.2, -0.15) is 0 Å². The number of benzene rings is 2. The Hall–Kier alpha value is -1.56. The molecule has 0 bridgehead atoms. The number of halogens is 1. The summed E-state index contributed by atoms with van der Waals surface area (Å²) in [5.74, 6) is 1.15. The van der Waals surface area contributed by atoms with E-state index in [4.69, 9.17) is 21.5 Å². The van der Waals surface area contributed by atoms with E-state index in [0.29, 0.717) is 22.1 Å². The highest BCUT2D eigenvalue weighted by molar-refractivity contribution is 7.89. The van der Waals surface area contributed by atoms with Gasteiger partial charge >= 0.3 is 0 Å². The quantitative estimate of drug-likeness (QED) is 0.944. The number of hydrogen-bond donors (Lipinski definition) is 1. The molecule has 106 valence electrons. The standard InChI is InChI=1S/C14H14ClNO3S/c1-9-3-4-11(15)8-13(9)19-12-5-6-14(10(2)7-12)20(16,17)18/h3-8H,1-2H3,(H2,16,17,18). The molecule has 0 saturated carbocycles. The molecule has 0 fully saturated rings. The first kappa shape index (κ1) is 14.8. The Bertz CT molecular complexity index is 757. The summed E-state index contributed by atoms with van der Waals surface area (Å²) in [6.07, 6.45) is 0. The number of rotatable bonds is 3. The predicted octanol–water partition coefficient (Wildman–Crippen LogP) is 3.40. The van der Waals surface area contributed by atoms with Crippen molar-refractivity contribution in [2.75, 3.05) is 0 Å². The molecule has 20 heavy (non-hydrogen) atoms. The van der Waals surface area contributed by atoms with Gasteiger partial charge in [-0.05, 0) is 55.3 Å². The first-order valence-corrected chi connectivity index (χ1v) is 7.77. The Morgan fingerprint density at radius 1 is 1.05 bits per heavy atom. The highest BCUT2D eigenvalue weighted by atomic mass is 35.5. The summed E-state index contributed by atoms with van der Waals surface area (Å²) in [6, 6.07) is 9.95. The van der Waals surface area contributed by atoms with E-state index in [2.05, 4.69) is 0 Å². The molecule has 0 saturated heterocycles. The molecule has 2 aromatic rings. The summed E-state index contributed by atoms with van der Waals surface area (Å²) < 4.78 is 28.4.